The maximum Gasteiger partial charge on any atom is 0.161 e. The topological polar surface area (TPSA) is 81.4 Å². The average Bonchev–Trinajstić information content (AvgIpc) is 2.96. The van der Waals surface area contributed by atoms with Crippen molar-refractivity contribution in [2.45, 2.75) is 26.3 Å². The van der Waals surface area contributed by atoms with Crippen LogP contribution in [0.4, 0.5) is 5.82 Å². The van der Waals surface area contributed by atoms with E-state index in [9.17, 15) is 0 Å². The van der Waals surface area contributed by atoms with Crippen LogP contribution in [0, 0.1) is 6.92 Å². The Morgan fingerprint density at radius 1 is 1.23 bits per heavy atom. The molecule has 7 nitrogen and oxygen atoms in total. The highest BCUT2D eigenvalue weighted by Crippen LogP contribution is 2.33. The molecule has 0 radical (unpaired) electrons. The van der Waals surface area contributed by atoms with Gasteiger partial charge in [0.05, 0.1) is 12.2 Å². The number of pyridine rings is 1. The van der Waals surface area contributed by atoms with Gasteiger partial charge in [0, 0.05) is 18.0 Å². The standard InChI is InChI=1S/C15H15N7/c1-3-11-15-21-20-9(2)22(15)12-8-17-13(19-14(12)18-11)10-4-6-16-7-5-10/h4-8,11H,3H2,1-2H3,(H,17,18,19). The summed E-state index contributed by atoms with van der Waals surface area (Å²) in [4.78, 5) is 13.2. The van der Waals surface area contributed by atoms with E-state index in [4.69, 9.17) is 0 Å². The lowest BCUT2D eigenvalue weighted by Gasteiger charge is -2.26. The van der Waals surface area contributed by atoms with Crippen molar-refractivity contribution in [2.75, 3.05) is 5.32 Å². The van der Waals surface area contributed by atoms with Gasteiger partial charge in [0.25, 0.3) is 0 Å². The Balaban J connectivity index is 1.87. The zero-order valence-corrected chi connectivity index (χ0v) is 12.4. The molecule has 0 aromatic carbocycles. The van der Waals surface area contributed by atoms with E-state index in [0.29, 0.717) is 5.82 Å². The molecule has 1 N–H and O–H groups in total. The molecule has 0 aliphatic carbocycles. The minimum absolute atomic E-state index is 0.105. The van der Waals surface area contributed by atoms with Crippen LogP contribution in [0.5, 0.6) is 0 Å². The molecule has 7 heteroatoms. The number of nitrogens with one attached hydrogen (secondary N) is 1. The molecule has 1 aliphatic rings. The first-order valence-corrected chi connectivity index (χ1v) is 7.24. The van der Waals surface area contributed by atoms with E-state index >= 15 is 0 Å². The van der Waals surface area contributed by atoms with Crippen molar-refractivity contribution < 1.29 is 0 Å². The molecule has 110 valence electrons. The second-order valence-electron chi connectivity index (χ2n) is 5.21. The Morgan fingerprint density at radius 2 is 2.05 bits per heavy atom. The zero-order valence-electron chi connectivity index (χ0n) is 12.4. The van der Waals surface area contributed by atoms with Crippen molar-refractivity contribution >= 4 is 5.82 Å². The first-order valence-electron chi connectivity index (χ1n) is 7.24. The predicted octanol–water partition coefficient (Wildman–Crippen LogP) is 2.30. The fourth-order valence-corrected chi connectivity index (χ4v) is 2.70. The molecule has 0 bridgehead atoms. The van der Waals surface area contributed by atoms with Crippen molar-refractivity contribution in [3.8, 4) is 17.1 Å². The van der Waals surface area contributed by atoms with Crippen LogP contribution in [-0.4, -0.2) is 29.7 Å². The number of aryl methyl sites for hydroxylation is 1. The number of hydrogen-bond donors (Lipinski definition) is 1. The summed E-state index contributed by atoms with van der Waals surface area (Å²) in [6, 6.07) is 3.91. The highest BCUT2D eigenvalue weighted by atomic mass is 15.3. The number of hydrogen-bond acceptors (Lipinski definition) is 6. The van der Waals surface area contributed by atoms with Crippen LogP contribution in [-0.2, 0) is 0 Å². The van der Waals surface area contributed by atoms with Crippen LogP contribution < -0.4 is 5.32 Å². The molecular weight excluding hydrogens is 278 g/mol. The van der Waals surface area contributed by atoms with Gasteiger partial charge in [-0.05, 0) is 25.5 Å². The number of anilines is 1. The fraction of sp³-hybridized carbons (Fsp3) is 0.267. The summed E-state index contributed by atoms with van der Waals surface area (Å²) >= 11 is 0. The molecule has 0 saturated carbocycles. The van der Waals surface area contributed by atoms with Crippen molar-refractivity contribution in [1.82, 2.24) is 29.7 Å². The molecule has 3 aromatic heterocycles. The molecule has 4 rings (SSSR count). The first kappa shape index (κ1) is 12.9. The van der Waals surface area contributed by atoms with Crippen molar-refractivity contribution in [3.63, 3.8) is 0 Å². The van der Waals surface area contributed by atoms with E-state index in [1.165, 1.54) is 0 Å². The molecule has 1 aliphatic heterocycles. The zero-order chi connectivity index (χ0) is 15.1. The number of rotatable bonds is 2. The van der Waals surface area contributed by atoms with Crippen LogP contribution in [0.2, 0.25) is 0 Å². The largest absolute Gasteiger partial charge is 0.358 e. The van der Waals surface area contributed by atoms with Gasteiger partial charge >= 0.3 is 0 Å². The summed E-state index contributed by atoms with van der Waals surface area (Å²) in [6.07, 6.45) is 6.20. The summed E-state index contributed by atoms with van der Waals surface area (Å²) in [7, 11) is 0. The van der Waals surface area contributed by atoms with E-state index in [2.05, 4.69) is 37.4 Å². The number of aromatic nitrogens is 6. The Labute approximate surface area is 127 Å². The van der Waals surface area contributed by atoms with E-state index in [1.807, 2.05) is 29.8 Å². The van der Waals surface area contributed by atoms with Gasteiger partial charge in [0.15, 0.2) is 17.5 Å². The third-order valence-electron chi connectivity index (χ3n) is 3.83. The summed E-state index contributed by atoms with van der Waals surface area (Å²) in [5.41, 5.74) is 1.83. The fourth-order valence-electron chi connectivity index (χ4n) is 2.70. The molecule has 4 heterocycles. The lowest BCUT2D eigenvalue weighted by Crippen LogP contribution is -2.23. The number of nitrogens with zero attached hydrogens (tertiary/aromatic N) is 6. The first-order chi connectivity index (χ1) is 10.8. The molecule has 3 aromatic rings. The second-order valence-corrected chi connectivity index (χ2v) is 5.21. The maximum atomic E-state index is 4.67. The molecule has 0 spiro atoms. The summed E-state index contributed by atoms with van der Waals surface area (Å²) in [5, 5.41) is 11.9. The normalized spacial score (nSPS) is 15.8. The molecule has 22 heavy (non-hydrogen) atoms. The van der Waals surface area contributed by atoms with Gasteiger partial charge in [0.2, 0.25) is 0 Å². The van der Waals surface area contributed by atoms with Gasteiger partial charge in [-0.15, -0.1) is 10.2 Å². The Bertz CT molecular complexity index is 825. The average molecular weight is 293 g/mol. The van der Waals surface area contributed by atoms with Gasteiger partial charge in [0.1, 0.15) is 11.5 Å². The molecule has 1 unspecified atom stereocenters. The third kappa shape index (κ3) is 1.86. The smallest absolute Gasteiger partial charge is 0.161 e. The second kappa shape index (κ2) is 4.87. The van der Waals surface area contributed by atoms with Crippen molar-refractivity contribution in [1.29, 1.82) is 0 Å². The van der Waals surface area contributed by atoms with Gasteiger partial charge in [-0.2, -0.15) is 0 Å². The van der Waals surface area contributed by atoms with Crippen LogP contribution in [0.15, 0.2) is 30.7 Å². The van der Waals surface area contributed by atoms with E-state index in [-0.39, 0.29) is 6.04 Å². The molecule has 0 fully saturated rings. The van der Waals surface area contributed by atoms with Crippen LogP contribution in [0.1, 0.15) is 31.0 Å². The maximum absolute atomic E-state index is 4.67. The van der Waals surface area contributed by atoms with Crippen molar-refractivity contribution in [3.05, 3.63) is 42.4 Å². The quantitative estimate of drug-likeness (QED) is 0.780. The van der Waals surface area contributed by atoms with Gasteiger partial charge in [-0.3, -0.25) is 9.55 Å². The highest BCUT2D eigenvalue weighted by Gasteiger charge is 2.28. The van der Waals surface area contributed by atoms with E-state index < -0.39 is 0 Å². The predicted molar refractivity (Wildman–Crippen MR) is 81.6 cm³/mol. The van der Waals surface area contributed by atoms with Crippen LogP contribution in [0.3, 0.4) is 0 Å². The van der Waals surface area contributed by atoms with Gasteiger partial charge in [-0.25, -0.2) is 9.97 Å². The lowest BCUT2D eigenvalue weighted by molar-refractivity contribution is 0.649. The van der Waals surface area contributed by atoms with Gasteiger partial charge < -0.3 is 5.32 Å². The summed E-state index contributed by atoms with van der Waals surface area (Å²) in [5.74, 6) is 3.24. The Kier molecular flexibility index (Phi) is 2.85. The Hall–Kier alpha value is -2.83. The molecule has 0 amide bonds. The summed E-state index contributed by atoms with van der Waals surface area (Å²) < 4.78 is 2.02. The van der Waals surface area contributed by atoms with Crippen LogP contribution >= 0.6 is 0 Å². The minimum atomic E-state index is 0.105. The van der Waals surface area contributed by atoms with E-state index in [1.54, 1.807) is 12.4 Å². The molecule has 1 atom stereocenters. The van der Waals surface area contributed by atoms with Gasteiger partial charge in [-0.1, -0.05) is 6.92 Å². The Morgan fingerprint density at radius 3 is 2.82 bits per heavy atom. The highest BCUT2D eigenvalue weighted by molar-refractivity contribution is 5.64. The SMILES string of the molecule is CCC1Nc2nc(-c3ccncc3)ncc2-n2c(C)nnc21. The monoisotopic (exact) mass is 293 g/mol. The molecule has 0 saturated heterocycles. The lowest BCUT2D eigenvalue weighted by atomic mass is 10.1. The van der Waals surface area contributed by atoms with Crippen molar-refractivity contribution in [2.24, 2.45) is 0 Å². The molecular formula is C15H15N7. The minimum Gasteiger partial charge on any atom is -0.358 e. The third-order valence-corrected chi connectivity index (χ3v) is 3.83. The number of fused-ring (bicyclic) bond motifs is 3. The van der Waals surface area contributed by atoms with E-state index in [0.717, 1.165) is 35.1 Å². The summed E-state index contributed by atoms with van der Waals surface area (Å²) in [6.45, 7) is 4.05. The van der Waals surface area contributed by atoms with Crippen LogP contribution in [0.25, 0.3) is 17.1 Å².